The second kappa shape index (κ2) is 10.5. The first-order chi connectivity index (χ1) is 19.3. The van der Waals surface area contributed by atoms with Crippen molar-refractivity contribution >= 4 is 11.8 Å². The Labute approximate surface area is 235 Å². The number of rotatable bonds is 10. The summed E-state index contributed by atoms with van der Waals surface area (Å²) in [6.45, 7) is 6.98. The molecule has 3 aliphatic carbocycles. The lowest BCUT2D eigenvalue weighted by atomic mass is 9.56. The summed E-state index contributed by atoms with van der Waals surface area (Å²) in [6.07, 6.45) is 1.52. The van der Waals surface area contributed by atoms with Gasteiger partial charge in [-0.15, -0.1) is 0 Å². The summed E-state index contributed by atoms with van der Waals surface area (Å²) in [5.74, 6) is -0.272. The van der Waals surface area contributed by atoms with E-state index in [9.17, 15) is 9.59 Å². The maximum atomic E-state index is 13.3. The predicted molar refractivity (Wildman–Crippen MR) is 147 cm³/mol. The largest absolute Gasteiger partial charge is 0.448 e. The number of hydrogen-bond acceptors (Lipinski definition) is 7. The van der Waals surface area contributed by atoms with Crippen LogP contribution in [0.4, 0.5) is 0 Å². The maximum Gasteiger partial charge on any atom is 0.307 e. The molecule has 6 atom stereocenters. The number of fused-ring (bicyclic) bond motifs is 2. The van der Waals surface area contributed by atoms with Crippen molar-refractivity contribution in [1.82, 2.24) is 0 Å². The Balaban J connectivity index is 1.32. The molecule has 7 nitrogen and oxygen atoms in total. The molecular weight excluding hydrogens is 508 g/mol. The van der Waals surface area contributed by atoms with Crippen molar-refractivity contribution in [2.75, 3.05) is 13.6 Å². The van der Waals surface area contributed by atoms with Gasteiger partial charge in [0, 0.05) is 17.8 Å². The molecular formula is C33H38O7. The molecule has 2 aromatic carbocycles. The number of hydrogen-bond donors (Lipinski definition) is 0. The fourth-order valence-corrected chi connectivity index (χ4v) is 8.03. The van der Waals surface area contributed by atoms with Crippen molar-refractivity contribution in [2.45, 2.75) is 77.0 Å². The van der Waals surface area contributed by atoms with E-state index in [0.717, 1.165) is 23.1 Å². The molecule has 0 amide bonds. The maximum absolute atomic E-state index is 13.3. The fourth-order valence-electron chi connectivity index (χ4n) is 8.03. The SMILES string of the molecule is CC1=C2[C@@H](CC1=O)C1(C)CC(=O)OC23C(OCOCc2ccccc2)C(C)CC[C@@]31OCOCc1ccccc1. The molecule has 1 aliphatic heterocycles. The Morgan fingerprint density at radius 3 is 2.20 bits per heavy atom. The highest BCUT2D eigenvalue weighted by Gasteiger charge is 2.83. The summed E-state index contributed by atoms with van der Waals surface area (Å²) in [5.41, 5.74) is 0.922. The van der Waals surface area contributed by atoms with E-state index in [1.807, 2.05) is 67.6 Å². The van der Waals surface area contributed by atoms with E-state index in [4.69, 9.17) is 23.7 Å². The van der Waals surface area contributed by atoms with Gasteiger partial charge in [-0.1, -0.05) is 74.5 Å². The van der Waals surface area contributed by atoms with Crippen molar-refractivity contribution in [3.8, 4) is 0 Å². The van der Waals surface area contributed by atoms with Crippen LogP contribution in [0.5, 0.6) is 0 Å². The third-order valence-corrected chi connectivity index (χ3v) is 9.85. The Kier molecular flexibility index (Phi) is 7.20. The Bertz CT molecular complexity index is 1290. The predicted octanol–water partition coefficient (Wildman–Crippen LogP) is 5.52. The zero-order valence-electron chi connectivity index (χ0n) is 23.5. The summed E-state index contributed by atoms with van der Waals surface area (Å²) in [4.78, 5) is 26.4. The van der Waals surface area contributed by atoms with Crippen LogP contribution in [0.15, 0.2) is 71.8 Å². The van der Waals surface area contributed by atoms with Gasteiger partial charge in [0.2, 0.25) is 0 Å². The zero-order valence-corrected chi connectivity index (χ0v) is 23.5. The summed E-state index contributed by atoms with van der Waals surface area (Å²) in [5, 5.41) is 0. The highest BCUT2D eigenvalue weighted by Crippen LogP contribution is 2.73. The third kappa shape index (κ3) is 4.09. The molecule has 2 saturated carbocycles. The van der Waals surface area contributed by atoms with Crippen LogP contribution >= 0.6 is 0 Å². The second-order valence-corrected chi connectivity index (χ2v) is 12.0. The Morgan fingerprint density at radius 2 is 1.55 bits per heavy atom. The van der Waals surface area contributed by atoms with Gasteiger partial charge in [-0.3, -0.25) is 9.59 Å². The number of allylic oxidation sites excluding steroid dienone is 1. The topological polar surface area (TPSA) is 80.3 Å². The van der Waals surface area contributed by atoms with Crippen LogP contribution in [0.25, 0.3) is 0 Å². The highest BCUT2D eigenvalue weighted by molar-refractivity contribution is 6.00. The number of carbonyl (C=O) groups is 2. The number of Topliss-reactive ketones (excluding diaryl/α,β-unsaturated/α-hetero) is 1. The Hall–Kier alpha value is -2.84. The molecule has 1 heterocycles. The van der Waals surface area contributed by atoms with E-state index in [0.29, 0.717) is 31.6 Å². The number of ether oxygens (including phenoxy) is 5. The molecule has 0 N–H and O–H groups in total. The lowest BCUT2D eigenvalue weighted by Gasteiger charge is -2.60. The van der Waals surface area contributed by atoms with Crippen LogP contribution in [-0.2, 0) is 46.5 Å². The highest BCUT2D eigenvalue weighted by atomic mass is 16.7. The van der Waals surface area contributed by atoms with E-state index in [1.54, 1.807) is 0 Å². The molecule has 0 spiro atoms. The smallest absolute Gasteiger partial charge is 0.307 e. The van der Waals surface area contributed by atoms with Gasteiger partial charge in [0.05, 0.1) is 19.6 Å². The minimum atomic E-state index is -1.22. The fraction of sp³-hybridized carbons (Fsp3) is 0.515. The van der Waals surface area contributed by atoms with Crippen molar-refractivity contribution in [3.63, 3.8) is 0 Å². The van der Waals surface area contributed by atoms with Crippen molar-refractivity contribution in [2.24, 2.45) is 17.3 Å². The zero-order chi connectivity index (χ0) is 28.0. The van der Waals surface area contributed by atoms with E-state index >= 15 is 0 Å². The first-order valence-electron chi connectivity index (χ1n) is 14.3. The summed E-state index contributed by atoms with van der Waals surface area (Å²) in [6, 6.07) is 19.9. The van der Waals surface area contributed by atoms with Crippen LogP contribution in [0.3, 0.4) is 0 Å². The Morgan fingerprint density at radius 1 is 0.925 bits per heavy atom. The van der Waals surface area contributed by atoms with Crippen LogP contribution in [0.1, 0.15) is 57.6 Å². The number of carbonyl (C=O) groups excluding carboxylic acids is 2. The third-order valence-electron chi connectivity index (χ3n) is 9.85. The molecule has 2 bridgehead atoms. The number of benzene rings is 2. The molecule has 4 unspecified atom stereocenters. The quantitative estimate of drug-likeness (QED) is 0.221. The first kappa shape index (κ1) is 27.3. The standard InChI is InChI=1S/C33H38O7/c1-22-14-15-32(39-21-37-19-25-12-8-5-9-13-25)31(3)17-28(35)40-33(32,29-23(2)27(34)16-26(29)31)30(22)38-20-36-18-24-10-6-4-7-11-24/h4-13,22,26,30H,14-21H2,1-3H3/t22?,26-,30?,31?,32+,33?/m1/s1. The van der Waals surface area contributed by atoms with E-state index in [1.165, 1.54) is 0 Å². The van der Waals surface area contributed by atoms with Crippen LogP contribution in [-0.4, -0.2) is 42.6 Å². The van der Waals surface area contributed by atoms with E-state index in [-0.39, 0.29) is 43.6 Å². The normalized spacial score (nSPS) is 34.5. The molecule has 6 rings (SSSR count). The molecule has 3 fully saturated rings. The van der Waals surface area contributed by atoms with Gasteiger partial charge in [0.1, 0.15) is 25.3 Å². The second-order valence-electron chi connectivity index (χ2n) is 12.0. The average molecular weight is 547 g/mol. The minimum absolute atomic E-state index is 0.0332. The van der Waals surface area contributed by atoms with Gasteiger partial charge >= 0.3 is 5.97 Å². The summed E-state index contributed by atoms with van der Waals surface area (Å²) in [7, 11) is 0. The van der Waals surface area contributed by atoms with Gasteiger partial charge in [0.15, 0.2) is 11.4 Å². The van der Waals surface area contributed by atoms with Crippen LogP contribution < -0.4 is 0 Å². The van der Waals surface area contributed by atoms with Gasteiger partial charge in [-0.05, 0) is 48.0 Å². The van der Waals surface area contributed by atoms with Crippen LogP contribution in [0.2, 0.25) is 0 Å². The lowest BCUT2D eigenvalue weighted by molar-refractivity contribution is -0.321. The molecule has 2 aromatic rings. The first-order valence-corrected chi connectivity index (χ1v) is 14.3. The summed E-state index contributed by atoms with van der Waals surface area (Å²) >= 11 is 0. The molecule has 1 saturated heterocycles. The van der Waals surface area contributed by atoms with E-state index in [2.05, 4.69) is 13.8 Å². The summed E-state index contributed by atoms with van der Waals surface area (Å²) < 4.78 is 31.8. The van der Waals surface area contributed by atoms with Crippen molar-refractivity contribution in [3.05, 3.63) is 82.9 Å². The molecule has 212 valence electrons. The number of ketones is 1. The van der Waals surface area contributed by atoms with Gasteiger partial charge in [0.25, 0.3) is 0 Å². The average Bonchev–Trinajstić information content (AvgIpc) is 3.30. The molecule has 0 radical (unpaired) electrons. The molecule has 40 heavy (non-hydrogen) atoms. The molecule has 4 aliphatic rings. The lowest BCUT2D eigenvalue weighted by Crippen LogP contribution is -2.73. The van der Waals surface area contributed by atoms with E-state index < -0.39 is 22.7 Å². The van der Waals surface area contributed by atoms with Gasteiger partial charge < -0.3 is 23.7 Å². The van der Waals surface area contributed by atoms with Crippen molar-refractivity contribution in [1.29, 1.82) is 0 Å². The van der Waals surface area contributed by atoms with Crippen LogP contribution in [0, 0.1) is 17.3 Å². The molecule has 0 aromatic heterocycles. The minimum Gasteiger partial charge on any atom is -0.448 e. The molecule has 7 heteroatoms. The monoisotopic (exact) mass is 546 g/mol. The van der Waals surface area contributed by atoms with Gasteiger partial charge in [-0.2, -0.15) is 0 Å². The number of esters is 1. The van der Waals surface area contributed by atoms with Gasteiger partial charge in [-0.25, -0.2) is 0 Å². The van der Waals surface area contributed by atoms with Crippen molar-refractivity contribution < 1.29 is 33.3 Å².